The molecule has 0 aliphatic rings. The molecule has 0 nitrogen and oxygen atoms in total. The fourth-order valence-electron chi connectivity index (χ4n) is 4.63. The van der Waals surface area contributed by atoms with E-state index in [4.69, 9.17) is 0 Å². The monoisotopic (exact) mass is 407 g/mol. The summed E-state index contributed by atoms with van der Waals surface area (Å²) in [5.74, 6) is 0. The lowest BCUT2D eigenvalue weighted by molar-refractivity contribution is 0.282. The molecule has 0 aliphatic heterocycles. The quantitative estimate of drug-likeness (QED) is 0.139. The van der Waals surface area contributed by atoms with Crippen LogP contribution < -0.4 is 0 Å². The van der Waals surface area contributed by atoms with Gasteiger partial charge in [-0.3, -0.25) is 0 Å². The number of hydrogen-bond acceptors (Lipinski definition) is 0. The topological polar surface area (TPSA) is 0 Å². The predicted octanol–water partition coefficient (Wildman–Crippen LogP) is 11.2. The highest BCUT2D eigenvalue weighted by atomic mass is 14.3. The minimum Gasteiger partial charge on any atom is -0.0654 e. The molecule has 0 heterocycles. The molecule has 0 aromatic carbocycles. The molecule has 1 radical (unpaired) electrons. The molecule has 29 heavy (non-hydrogen) atoms. The maximum Gasteiger partial charge on any atom is -0.0300 e. The Kier molecular flexibility index (Phi) is 22.7. The van der Waals surface area contributed by atoms with Crippen LogP contribution in [0.15, 0.2) is 0 Å². The zero-order valence-electron chi connectivity index (χ0n) is 21.2. The van der Waals surface area contributed by atoms with Crippen LogP contribution in [-0.4, -0.2) is 0 Å². The Morgan fingerprint density at radius 1 is 0.379 bits per heavy atom. The smallest absolute Gasteiger partial charge is 0.0300 e. The maximum absolute atomic E-state index is 4.57. The number of rotatable bonds is 24. The molecule has 175 valence electrons. The van der Waals surface area contributed by atoms with E-state index in [-0.39, 0.29) is 0 Å². The Balaban J connectivity index is 3.25. The minimum absolute atomic E-state index is 0.379. The van der Waals surface area contributed by atoms with Gasteiger partial charge in [-0.1, -0.05) is 162 Å². The normalized spacial score (nSPS) is 13.7. The van der Waals surface area contributed by atoms with E-state index in [0.29, 0.717) is 5.41 Å². The molecule has 0 saturated heterocycles. The van der Waals surface area contributed by atoms with Gasteiger partial charge in [0.1, 0.15) is 0 Å². The zero-order valence-corrected chi connectivity index (χ0v) is 21.2. The fourth-order valence-corrected chi connectivity index (χ4v) is 4.63. The van der Waals surface area contributed by atoms with E-state index in [2.05, 4.69) is 27.7 Å². The Morgan fingerprint density at radius 3 is 0.931 bits per heavy atom. The Morgan fingerprint density at radius 2 is 0.621 bits per heavy atom. The molecule has 0 spiro atoms. The van der Waals surface area contributed by atoms with Crippen LogP contribution in [0.5, 0.6) is 0 Å². The van der Waals surface area contributed by atoms with Crippen molar-refractivity contribution in [2.75, 3.05) is 0 Å². The standard InChI is InChI=1S/C29H59/c1-5-8-10-11-12-13-14-15-16-17-18-19-20-21-22-23-24-26-28-29(4,7-3)27-25-9-6-2/h4-28H2,1-3H3. The zero-order chi connectivity index (χ0) is 21.5. The highest BCUT2D eigenvalue weighted by molar-refractivity contribution is 4.80. The highest BCUT2D eigenvalue weighted by Gasteiger charge is 2.20. The first-order chi connectivity index (χ1) is 14.2. The molecule has 0 saturated carbocycles. The van der Waals surface area contributed by atoms with Crippen molar-refractivity contribution >= 4 is 0 Å². The van der Waals surface area contributed by atoms with Crippen molar-refractivity contribution in [3.05, 3.63) is 6.92 Å². The molecule has 0 N–H and O–H groups in total. The first kappa shape index (κ1) is 29.0. The molecule has 0 aliphatic carbocycles. The summed E-state index contributed by atoms with van der Waals surface area (Å²) in [6.07, 6.45) is 34.4. The van der Waals surface area contributed by atoms with Gasteiger partial charge in [0.25, 0.3) is 0 Å². The van der Waals surface area contributed by atoms with Crippen LogP contribution in [-0.2, 0) is 0 Å². The second-order valence-electron chi connectivity index (χ2n) is 10.1. The predicted molar refractivity (Wildman–Crippen MR) is 136 cm³/mol. The molecule has 0 aromatic heterocycles. The summed E-state index contributed by atoms with van der Waals surface area (Å²) in [4.78, 5) is 0. The lowest BCUT2D eigenvalue weighted by atomic mass is 9.78. The summed E-state index contributed by atoms with van der Waals surface area (Å²) in [6.45, 7) is 11.5. The van der Waals surface area contributed by atoms with Gasteiger partial charge < -0.3 is 0 Å². The average Bonchev–Trinajstić information content (AvgIpc) is 2.73. The third-order valence-corrected chi connectivity index (χ3v) is 7.12. The molecule has 0 fully saturated rings. The number of hydrogen-bond donors (Lipinski definition) is 0. The van der Waals surface area contributed by atoms with E-state index >= 15 is 0 Å². The van der Waals surface area contributed by atoms with Gasteiger partial charge in [0, 0.05) is 0 Å². The molecule has 1 unspecified atom stereocenters. The van der Waals surface area contributed by atoms with Gasteiger partial charge in [0.15, 0.2) is 0 Å². The molecule has 0 aromatic rings. The van der Waals surface area contributed by atoms with Gasteiger partial charge in [-0.05, 0) is 25.2 Å². The SMILES string of the molecule is [CH2]C(CC)(CCCCC)CCCCCCCCCCCCCCCCCCCC. The van der Waals surface area contributed by atoms with Crippen LogP contribution in [0.4, 0.5) is 0 Å². The van der Waals surface area contributed by atoms with E-state index in [1.165, 1.54) is 154 Å². The summed E-state index contributed by atoms with van der Waals surface area (Å²) in [7, 11) is 0. The van der Waals surface area contributed by atoms with Crippen molar-refractivity contribution in [3.63, 3.8) is 0 Å². The summed E-state index contributed by atoms with van der Waals surface area (Å²) < 4.78 is 0. The second-order valence-corrected chi connectivity index (χ2v) is 10.1. The van der Waals surface area contributed by atoms with Crippen molar-refractivity contribution in [2.45, 2.75) is 175 Å². The Labute approximate surface area is 187 Å². The molecular weight excluding hydrogens is 348 g/mol. The number of unbranched alkanes of at least 4 members (excludes halogenated alkanes) is 19. The molecule has 0 rings (SSSR count). The van der Waals surface area contributed by atoms with Crippen molar-refractivity contribution in [1.29, 1.82) is 0 Å². The van der Waals surface area contributed by atoms with Crippen LogP contribution in [0.2, 0.25) is 0 Å². The van der Waals surface area contributed by atoms with E-state index < -0.39 is 0 Å². The van der Waals surface area contributed by atoms with Gasteiger partial charge in [0.2, 0.25) is 0 Å². The summed E-state index contributed by atoms with van der Waals surface area (Å²) in [6, 6.07) is 0. The highest BCUT2D eigenvalue weighted by Crippen LogP contribution is 2.34. The third kappa shape index (κ3) is 21.0. The van der Waals surface area contributed by atoms with Gasteiger partial charge in [-0.25, -0.2) is 0 Å². The Hall–Kier alpha value is 0. The van der Waals surface area contributed by atoms with Crippen LogP contribution in [0.3, 0.4) is 0 Å². The molecule has 0 heteroatoms. The maximum atomic E-state index is 4.57. The lowest BCUT2D eigenvalue weighted by Gasteiger charge is -2.28. The van der Waals surface area contributed by atoms with Crippen molar-refractivity contribution in [1.82, 2.24) is 0 Å². The van der Waals surface area contributed by atoms with Crippen molar-refractivity contribution in [2.24, 2.45) is 5.41 Å². The van der Waals surface area contributed by atoms with Crippen molar-refractivity contribution < 1.29 is 0 Å². The summed E-state index contributed by atoms with van der Waals surface area (Å²) >= 11 is 0. The summed E-state index contributed by atoms with van der Waals surface area (Å²) in [5.41, 5.74) is 0.379. The fraction of sp³-hybridized carbons (Fsp3) is 0.966. The van der Waals surface area contributed by atoms with Crippen molar-refractivity contribution in [3.8, 4) is 0 Å². The second kappa shape index (κ2) is 22.7. The molecular formula is C29H59. The minimum atomic E-state index is 0.379. The molecule has 0 amide bonds. The summed E-state index contributed by atoms with van der Waals surface area (Å²) in [5, 5.41) is 0. The third-order valence-electron chi connectivity index (χ3n) is 7.12. The molecule has 0 bridgehead atoms. The average molecular weight is 408 g/mol. The van der Waals surface area contributed by atoms with Gasteiger partial charge >= 0.3 is 0 Å². The van der Waals surface area contributed by atoms with E-state index in [1.807, 2.05) is 0 Å². The van der Waals surface area contributed by atoms with E-state index in [0.717, 1.165) is 0 Å². The molecule has 1 atom stereocenters. The van der Waals surface area contributed by atoms with Gasteiger partial charge in [0.05, 0.1) is 0 Å². The van der Waals surface area contributed by atoms with Crippen LogP contribution in [0, 0.1) is 12.3 Å². The van der Waals surface area contributed by atoms with Gasteiger partial charge in [-0.15, -0.1) is 0 Å². The van der Waals surface area contributed by atoms with Crippen LogP contribution >= 0.6 is 0 Å². The first-order valence-electron chi connectivity index (χ1n) is 14.0. The van der Waals surface area contributed by atoms with Crippen LogP contribution in [0.25, 0.3) is 0 Å². The Bertz CT molecular complexity index is 294. The van der Waals surface area contributed by atoms with E-state index in [9.17, 15) is 0 Å². The largest absolute Gasteiger partial charge is 0.0654 e. The first-order valence-corrected chi connectivity index (χ1v) is 14.0. The lowest BCUT2D eigenvalue weighted by Crippen LogP contribution is -2.15. The van der Waals surface area contributed by atoms with Crippen LogP contribution in [0.1, 0.15) is 175 Å². The van der Waals surface area contributed by atoms with E-state index in [1.54, 1.807) is 0 Å². The van der Waals surface area contributed by atoms with Gasteiger partial charge in [-0.2, -0.15) is 0 Å².